The van der Waals surface area contributed by atoms with Gasteiger partial charge in [-0.05, 0) is 68.2 Å². The molecular formula is C14H21N. The molecule has 1 aliphatic rings. The zero-order valence-electron chi connectivity index (χ0n) is 10.0. The van der Waals surface area contributed by atoms with Crippen LogP contribution in [-0.4, -0.2) is 6.04 Å². The predicted octanol–water partition coefficient (Wildman–Crippen LogP) is 3.21. The maximum absolute atomic E-state index is 5.98. The number of hydrogen-bond acceptors (Lipinski definition) is 1. The van der Waals surface area contributed by atoms with Crippen LogP contribution in [0.4, 0.5) is 0 Å². The number of nitrogens with two attached hydrogens (primary N) is 1. The largest absolute Gasteiger partial charge is 0.328 e. The average Bonchev–Trinajstić information content (AvgIpc) is 2.58. The molecule has 0 amide bonds. The van der Waals surface area contributed by atoms with Crippen LogP contribution in [0.1, 0.15) is 47.4 Å². The molecule has 1 nitrogen and oxygen atoms in total. The van der Waals surface area contributed by atoms with E-state index in [-0.39, 0.29) is 0 Å². The Bertz CT molecular complexity index is 368. The van der Waals surface area contributed by atoms with Gasteiger partial charge in [0.1, 0.15) is 0 Å². The van der Waals surface area contributed by atoms with Crippen molar-refractivity contribution in [2.24, 2.45) is 5.73 Å². The van der Waals surface area contributed by atoms with Gasteiger partial charge in [0.25, 0.3) is 0 Å². The van der Waals surface area contributed by atoms with E-state index in [1.807, 2.05) is 0 Å². The molecule has 1 fully saturated rings. The lowest BCUT2D eigenvalue weighted by Crippen LogP contribution is -2.14. The van der Waals surface area contributed by atoms with Gasteiger partial charge in [-0.2, -0.15) is 0 Å². The Balaban J connectivity index is 2.32. The smallest absolute Gasteiger partial charge is 0.00448 e. The molecule has 15 heavy (non-hydrogen) atoms. The van der Waals surface area contributed by atoms with Crippen LogP contribution in [0, 0.1) is 20.8 Å². The maximum Gasteiger partial charge on any atom is 0.00448 e. The minimum absolute atomic E-state index is 0.427. The monoisotopic (exact) mass is 203 g/mol. The summed E-state index contributed by atoms with van der Waals surface area (Å²) in [6, 6.07) is 5.11. The van der Waals surface area contributed by atoms with Gasteiger partial charge in [-0.15, -0.1) is 0 Å². The molecule has 2 atom stereocenters. The normalized spacial score (nSPS) is 25.9. The molecule has 0 heterocycles. The third-order valence-corrected chi connectivity index (χ3v) is 3.80. The Kier molecular flexibility index (Phi) is 2.83. The number of hydrogen-bond donors (Lipinski definition) is 1. The Morgan fingerprint density at radius 1 is 1.00 bits per heavy atom. The van der Waals surface area contributed by atoms with Gasteiger partial charge in [0, 0.05) is 6.04 Å². The highest BCUT2D eigenvalue weighted by molar-refractivity contribution is 5.38. The summed E-state index contributed by atoms with van der Waals surface area (Å²) in [6.07, 6.45) is 3.63. The molecule has 2 unspecified atom stereocenters. The lowest BCUT2D eigenvalue weighted by molar-refractivity contribution is 0.672. The summed E-state index contributed by atoms with van der Waals surface area (Å²) in [7, 11) is 0. The second kappa shape index (κ2) is 3.97. The fourth-order valence-corrected chi connectivity index (χ4v) is 2.72. The highest BCUT2D eigenvalue weighted by Gasteiger charge is 2.24. The van der Waals surface area contributed by atoms with Gasteiger partial charge in [0.15, 0.2) is 0 Å². The first kappa shape index (κ1) is 10.7. The van der Waals surface area contributed by atoms with Crippen LogP contribution >= 0.6 is 0 Å². The number of benzene rings is 1. The van der Waals surface area contributed by atoms with Crippen molar-refractivity contribution in [3.63, 3.8) is 0 Å². The van der Waals surface area contributed by atoms with Crippen molar-refractivity contribution in [3.05, 3.63) is 34.4 Å². The van der Waals surface area contributed by atoms with Crippen molar-refractivity contribution in [1.29, 1.82) is 0 Å². The van der Waals surface area contributed by atoms with Gasteiger partial charge >= 0.3 is 0 Å². The first-order chi connectivity index (χ1) is 7.08. The summed E-state index contributed by atoms with van der Waals surface area (Å²) in [4.78, 5) is 0. The summed E-state index contributed by atoms with van der Waals surface area (Å²) < 4.78 is 0. The molecule has 0 bridgehead atoms. The second-order valence-corrected chi connectivity index (χ2v) is 5.06. The van der Waals surface area contributed by atoms with Gasteiger partial charge in [0.05, 0.1) is 0 Å². The minimum atomic E-state index is 0.427. The van der Waals surface area contributed by atoms with Gasteiger partial charge in [0.2, 0.25) is 0 Å². The van der Waals surface area contributed by atoms with Crippen molar-refractivity contribution in [2.45, 2.75) is 52.0 Å². The first-order valence-electron chi connectivity index (χ1n) is 5.91. The van der Waals surface area contributed by atoms with E-state index in [9.17, 15) is 0 Å². The summed E-state index contributed by atoms with van der Waals surface area (Å²) in [5.74, 6) is 0.708. The maximum atomic E-state index is 5.98. The van der Waals surface area contributed by atoms with Gasteiger partial charge in [-0.3, -0.25) is 0 Å². The molecule has 1 aliphatic carbocycles. The van der Waals surface area contributed by atoms with Crippen LogP contribution in [0.2, 0.25) is 0 Å². The molecule has 82 valence electrons. The van der Waals surface area contributed by atoms with E-state index in [1.165, 1.54) is 41.5 Å². The molecule has 1 saturated carbocycles. The van der Waals surface area contributed by atoms with E-state index in [1.54, 1.807) is 0 Å². The van der Waals surface area contributed by atoms with E-state index in [0.717, 1.165) is 0 Å². The molecular weight excluding hydrogens is 182 g/mol. The summed E-state index contributed by atoms with van der Waals surface area (Å²) in [5, 5.41) is 0. The van der Waals surface area contributed by atoms with E-state index >= 15 is 0 Å². The molecule has 0 aliphatic heterocycles. The van der Waals surface area contributed by atoms with Crippen LogP contribution < -0.4 is 5.73 Å². The molecule has 0 aromatic heterocycles. The van der Waals surface area contributed by atoms with E-state index in [4.69, 9.17) is 5.73 Å². The van der Waals surface area contributed by atoms with Crippen molar-refractivity contribution in [1.82, 2.24) is 0 Å². The quantitative estimate of drug-likeness (QED) is 0.745. The molecule has 2 N–H and O–H groups in total. The van der Waals surface area contributed by atoms with Crippen molar-refractivity contribution < 1.29 is 0 Å². The molecule has 1 aromatic carbocycles. The second-order valence-electron chi connectivity index (χ2n) is 5.06. The third-order valence-electron chi connectivity index (χ3n) is 3.80. The molecule has 2 rings (SSSR count). The topological polar surface area (TPSA) is 26.0 Å². The summed E-state index contributed by atoms with van der Waals surface area (Å²) in [5.41, 5.74) is 11.8. The number of aryl methyl sites for hydroxylation is 3. The van der Waals surface area contributed by atoms with Gasteiger partial charge < -0.3 is 5.73 Å². The summed E-state index contributed by atoms with van der Waals surface area (Å²) in [6.45, 7) is 6.62. The zero-order valence-corrected chi connectivity index (χ0v) is 10.0. The lowest BCUT2D eigenvalue weighted by atomic mass is 9.90. The van der Waals surface area contributed by atoms with Crippen LogP contribution in [0.25, 0.3) is 0 Å². The molecule has 0 saturated heterocycles. The van der Waals surface area contributed by atoms with E-state index in [2.05, 4.69) is 32.9 Å². The van der Waals surface area contributed by atoms with Crippen LogP contribution in [0.15, 0.2) is 12.1 Å². The Morgan fingerprint density at radius 3 is 2.27 bits per heavy atom. The predicted molar refractivity (Wildman–Crippen MR) is 65.2 cm³/mol. The van der Waals surface area contributed by atoms with Crippen molar-refractivity contribution in [2.75, 3.05) is 0 Å². The molecule has 0 spiro atoms. The van der Waals surface area contributed by atoms with Gasteiger partial charge in [-0.1, -0.05) is 12.1 Å². The minimum Gasteiger partial charge on any atom is -0.328 e. The van der Waals surface area contributed by atoms with E-state index < -0.39 is 0 Å². The van der Waals surface area contributed by atoms with Gasteiger partial charge in [-0.25, -0.2) is 0 Å². The van der Waals surface area contributed by atoms with Crippen LogP contribution in [-0.2, 0) is 0 Å². The third kappa shape index (κ3) is 2.07. The summed E-state index contributed by atoms with van der Waals surface area (Å²) >= 11 is 0. The molecule has 1 heteroatoms. The molecule has 1 aromatic rings. The Hall–Kier alpha value is -0.820. The average molecular weight is 203 g/mol. The highest BCUT2D eigenvalue weighted by Crippen LogP contribution is 2.36. The fraction of sp³-hybridized carbons (Fsp3) is 0.571. The lowest BCUT2D eigenvalue weighted by Gasteiger charge is -2.15. The standard InChI is InChI=1S/C14H21N/c1-9-6-11(3)14(7-10(9)2)12-4-5-13(15)8-12/h6-7,12-13H,4-5,8,15H2,1-3H3. The SMILES string of the molecule is Cc1cc(C)c(C2CCC(N)C2)cc1C. The first-order valence-corrected chi connectivity index (χ1v) is 5.91. The Labute approximate surface area is 92.7 Å². The van der Waals surface area contributed by atoms with Crippen LogP contribution in [0.5, 0.6) is 0 Å². The number of rotatable bonds is 1. The highest BCUT2D eigenvalue weighted by atomic mass is 14.6. The Morgan fingerprint density at radius 2 is 1.67 bits per heavy atom. The fourth-order valence-electron chi connectivity index (χ4n) is 2.72. The molecule has 0 radical (unpaired) electrons. The zero-order chi connectivity index (χ0) is 11.0. The van der Waals surface area contributed by atoms with Crippen molar-refractivity contribution in [3.8, 4) is 0 Å². The van der Waals surface area contributed by atoms with E-state index in [0.29, 0.717) is 12.0 Å². The van der Waals surface area contributed by atoms with Crippen LogP contribution in [0.3, 0.4) is 0 Å². The van der Waals surface area contributed by atoms with Crippen molar-refractivity contribution >= 4 is 0 Å².